The van der Waals surface area contributed by atoms with Crippen LogP contribution in [0.2, 0.25) is 0 Å². The number of amides is 1. The Hall–Kier alpha value is -0.830. The number of guanidine groups is 1. The van der Waals surface area contributed by atoms with Crippen molar-refractivity contribution in [2.75, 3.05) is 33.2 Å². The minimum absolute atomic E-state index is 0. The van der Waals surface area contributed by atoms with Gasteiger partial charge in [-0.05, 0) is 36.5 Å². The van der Waals surface area contributed by atoms with Crippen molar-refractivity contribution < 1.29 is 4.79 Å². The normalized spacial score (nSPS) is 16.3. The number of rotatable bonds is 5. The quantitative estimate of drug-likeness (QED) is 0.269. The zero-order valence-corrected chi connectivity index (χ0v) is 19.1. The average Bonchev–Trinajstić information content (AvgIpc) is 2.90. The number of hydrogen-bond acceptors (Lipinski definition) is 2. The van der Waals surface area contributed by atoms with E-state index in [1.165, 1.54) is 6.42 Å². The van der Waals surface area contributed by atoms with Crippen LogP contribution in [0.4, 0.5) is 0 Å². The van der Waals surface area contributed by atoms with E-state index in [-0.39, 0.29) is 29.9 Å². The minimum Gasteiger partial charge on any atom is -0.356 e. The van der Waals surface area contributed by atoms with E-state index in [9.17, 15) is 4.79 Å². The zero-order valence-electron chi connectivity index (χ0n) is 15.1. The summed E-state index contributed by atoms with van der Waals surface area (Å²) in [5, 5.41) is 6.34. The third-order valence-corrected chi connectivity index (χ3v) is 4.69. The second-order valence-corrected chi connectivity index (χ2v) is 7.85. The van der Waals surface area contributed by atoms with Gasteiger partial charge in [-0.1, -0.05) is 35.8 Å². The first-order valence-corrected chi connectivity index (χ1v) is 9.20. The largest absolute Gasteiger partial charge is 0.356 e. The van der Waals surface area contributed by atoms with Crippen molar-refractivity contribution in [3.63, 3.8) is 0 Å². The van der Waals surface area contributed by atoms with Gasteiger partial charge in [-0.15, -0.1) is 24.0 Å². The molecule has 1 saturated heterocycles. The Morgan fingerprint density at radius 1 is 1.32 bits per heavy atom. The zero-order chi connectivity index (χ0) is 17.6. The van der Waals surface area contributed by atoms with Gasteiger partial charge >= 0.3 is 0 Å². The molecule has 0 aromatic heterocycles. The van der Waals surface area contributed by atoms with Crippen LogP contribution in [0.1, 0.15) is 37.0 Å². The van der Waals surface area contributed by atoms with E-state index in [4.69, 9.17) is 0 Å². The van der Waals surface area contributed by atoms with Crippen LogP contribution in [0.5, 0.6) is 0 Å². The van der Waals surface area contributed by atoms with Gasteiger partial charge in [0, 0.05) is 43.3 Å². The summed E-state index contributed by atoms with van der Waals surface area (Å²) in [5.74, 6) is 0.917. The van der Waals surface area contributed by atoms with E-state index in [0.29, 0.717) is 17.5 Å². The number of hydrogen-bond donors (Lipinski definition) is 2. The van der Waals surface area contributed by atoms with E-state index >= 15 is 0 Å². The number of nitrogens with one attached hydrogen (secondary N) is 2. The smallest absolute Gasteiger partial charge is 0.251 e. The molecule has 0 spiro atoms. The maximum Gasteiger partial charge on any atom is 0.251 e. The van der Waals surface area contributed by atoms with Gasteiger partial charge in [-0.3, -0.25) is 9.79 Å². The highest BCUT2D eigenvalue weighted by molar-refractivity contribution is 14.0. The van der Waals surface area contributed by atoms with E-state index in [1.807, 2.05) is 31.3 Å². The Kier molecular flexibility index (Phi) is 9.20. The number of benzene rings is 1. The summed E-state index contributed by atoms with van der Waals surface area (Å²) < 4.78 is 0.911. The Morgan fingerprint density at radius 2 is 2.04 bits per heavy atom. The first-order chi connectivity index (χ1) is 11.4. The summed E-state index contributed by atoms with van der Waals surface area (Å²) in [6.45, 7) is 8.09. The predicted octanol–water partition coefficient (Wildman–Crippen LogP) is 3.49. The molecule has 140 valence electrons. The number of likely N-dealkylation sites (tertiary alicyclic amines) is 1. The monoisotopic (exact) mass is 522 g/mol. The second-order valence-electron chi connectivity index (χ2n) is 6.93. The van der Waals surface area contributed by atoms with Crippen LogP contribution >= 0.6 is 39.9 Å². The highest BCUT2D eigenvalue weighted by Gasteiger charge is 2.30. The molecule has 5 nitrogen and oxygen atoms in total. The number of carbonyl (C=O) groups is 1. The molecule has 2 rings (SSSR count). The number of halogens is 2. The molecule has 0 radical (unpaired) electrons. The molecule has 1 heterocycles. The van der Waals surface area contributed by atoms with Crippen molar-refractivity contribution in [3.05, 3.63) is 34.3 Å². The van der Waals surface area contributed by atoms with Gasteiger partial charge in [0.05, 0.1) is 0 Å². The number of nitrogens with zero attached hydrogens (tertiary/aromatic N) is 2. The van der Waals surface area contributed by atoms with Crippen molar-refractivity contribution >= 4 is 51.8 Å². The van der Waals surface area contributed by atoms with Gasteiger partial charge in [-0.2, -0.15) is 0 Å². The minimum atomic E-state index is -0.0398. The van der Waals surface area contributed by atoms with Gasteiger partial charge in [-0.25, -0.2) is 0 Å². The fraction of sp³-hybridized carbons (Fsp3) is 0.556. The molecule has 0 aliphatic carbocycles. The van der Waals surface area contributed by atoms with Gasteiger partial charge in [0.2, 0.25) is 0 Å². The maximum absolute atomic E-state index is 12.0. The molecule has 0 unspecified atom stereocenters. The van der Waals surface area contributed by atoms with Crippen LogP contribution < -0.4 is 10.6 Å². The molecule has 0 atom stereocenters. The lowest BCUT2D eigenvalue weighted by Crippen LogP contribution is -2.41. The third kappa shape index (κ3) is 7.13. The fourth-order valence-electron chi connectivity index (χ4n) is 2.85. The highest BCUT2D eigenvalue weighted by atomic mass is 127. The number of carbonyl (C=O) groups excluding carboxylic acids is 1. The molecule has 1 amide bonds. The van der Waals surface area contributed by atoms with Crippen LogP contribution in [0.25, 0.3) is 0 Å². The molecule has 25 heavy (non-hydrogen) atoms. The summed E-state index contributed by atoms with van der Waals surface area (Å²) in [7, 11) is 1.82. The molecule has 1 aromatic rings. The fourth-order valence-corrected chi connectivity index (χ4v) is 3.25. The Morgan fingerprint density at radius 3 is 2.64 bits per heavy atom. The van der Waals surface area contributed by atoms with E-state index in [0.717, 1.165) is 36.5 Å². The molecule has 1 fully saturated rings. The second kappa shape index (κ2) is 10.4. The molecule has 1 aliphatic rings. The summed E-state index contributed by atoms with van der Waals surface area (Å²) in [6.07, 6.45) is 2.05. The SMILES string of the molecule is CN=C(NCCCNC(=O)c1cccc(Br)c1)N1CCC(C)(C)C1.I. The Balaban J connectivity index is 0.00000312. The Labute approximate surface area is 176 Å². The molecule has 2 N–H and O–H groups in total. The lowest BCUT2D eigenvalue weighted by Gasteiger charge is -2.23. The maximum atomic E-state index is 12.0. The molecule has 1 aromatic carbocycles. The molecule has 0 saturated carbocycles. The lowest BCUT2D eigenvalue weighted by molar-refractivity contribution is 0.0953. The summed E-state index contributed by atoms with van der Waals surface area (Å²) >= 11 is 3.38. The van der Waals surface area contributed by atoms with Crippen LogP contribution in [-0.2, 0) is 0 Å². The van der Waals surface area contributed by atoms with Gasteiger partial charge in [0.15, 0.2) is 5.96 Å². The molecular formula is C18H28BrIN4O. The first kappa shape index (κ1) is 22.2. The molecule has 7 heteroatoms. The van der Waals surface area contributed by atoms with E-state index in [2.05, 4.69) is 50.3 Å². The van der Waals surface area contributed by atoms with E-state index < -0.39 is 0 Å². The van der Waals surface area contributed by atoms with Crippen molar-refractivity contribution in [2.45, 2.75) is 26.7 Å². The van der Waals surface area contributed by atoms with Crippen molar-refractivity contribution in [2.24, 2.45) is 10.4 Å². The van der Waals surface area contributed by atoms with E-state index in [1.54, 1.807) is 0 Å². The van der Waals surface area contributed by atoms with Gasteiger partial charge in [0.1, 0.15) is 0 Å². The van der Waals surface area contributed by atoms with Gasteiger partial charge in [0.25, 0.3) is 5.91 Å². The summed E-state index contributed by atoms with van der Waals surface area (Å²) in [6, 6.07) is 7.41. The molecular weight excluding hydrogens is 495 g/mol. The summed E-state index contributed by atoms with van der Waals surface area (Å²) in [5.41, 5.74) is 1.03. The van der Waals surface area contributed by atoms with Crippen LogP contribution in [0, 0.1) is 5.41 Å². The summed E-state index contributed by atoms with van der Waals surface area (Å²) in [4.78, 5) is 18.7. The number of aliphatic imine (C=N–C) groups is 1. The van der Waals surface area contributed by atoms with Crippen molar-refractivity contribution in [3.8, 4) is 0 Å². The standard InChI is InChI=1S/C18H27BrN4O.HI/c1-18(2)8-11-23(13-18)17(20-3)22-10-5-9-21-16(24)14-6-4-7-15(19)12-14;/h4,6-7,12H,5,8-11,13H2,1-3H3,(H,20,22)(H,21,24);1H. The molecule has 1 aliphatic heterocycles. The van der Waals surface area contributed by atoms with Gasteiger partial charge < -0.3 is 15.5 Å². The molecule has 0 bridgehead atoms. The predicted molar refractivity (Wildman–Crippen MR) is 118 cm³/mol. The van der Waals surface area contributed by atoms with Crippen LogP contribution in [-0.4, -0.2) is 50.0 Å². The average molecular weight is 523 g/mol. The van der Waals surface area contributed by atoms with Crippen molar-refractivity contribution in [1.29, 1.82) is 0 Å². The van der Waals surface area contributed by atoms with Crippen molar-refractivity contribution in [1.82, 2.24) is 15.5 Å². The Bertz CT molecular complexity index is 606. The topological polar surface area (TPSA) is 56.7 Å². The lowest BCUT2D eigenvalue weighted by atomic mass is 9.93. The van der Waals surface area contributed by atoms with Crippen LogP contribution in [0.3, 0.4) is 0 Å². The first-order valence-electron chi connectivity index (χ1n) is 8.41. The van der Waals surface area contributed by atoms with Crippen LogP contribution in [0.15, 0.2) is 33.7 Å². The highest BCUT2D eigenvalue weighted by Crippen LogP contribution is 2.28. The third-order valence-electron chi connectivity index (χ3n) is 4.20.